The fraction of sp³-hybridized carbons (Fsp3) is 0.308. The highest BCUT2D eigenvalue weighted by Crippen LogP contribution is 2.23. The fourth-order valence-electron chi connectivity index (χ4n) is 1.55. The molecule has 0 aliphatic heterocycles. The summed E-state index contributed by atoms with van der Waals surface area (Å²) < 4.78 is 0. The number of rotatable bonds is 3. The minimum absolute atomic E-state index is 0.475. The van der Waals surface area contributed by atoms with Crippen LogP contribution < -0.4 is 11.1 Å². The Labute approximate surface area is 96.3 Å². The van der Waals surface area contributed by atoms with Gasteiger partial charge in [-0.1, -0.05) is 30.4 Å². The molecule has 0 aliphatic rings. The summed E-state index contributed by atoms with van der Waals surface area (Å²) in [5, 5.41) is 2.71. The molecule has 3 heteroatoms. The van der Waals surface area contributed by atoms with Crippen molar-refractivity contribution in [3.8, 4) is 0 Å². The van der Waals surface area contributed by atoms with Crippen molar-refractivity contribution < 1.29 is 4.79 Å². The van der Waals surface area contributed by atoms with Crippen LogP contribution >= 0.6 is 0 Å². The molecule has 0 spiro atoms. The second kappa shape index (κ2) is 4.39. The molecule has 0 unspecified atom stereocenters. The van der Waals surface area contributed by atoms with E-state index < -0.39 is 11.6 Å². The Bertz CT molecular complexity index is 422. The molecule has 0 heterocycles. The summed E-state index contributed by atoms with van der Waals surface area (Å²) in [5.74, 6) is 0. The highest BCUT2D eigenvalue weighted by atomic mass is 16.2. The molecule has 1 aromatic carbocycles. The maximum absolute atomic E-state index is 10.9. The van der Waals surface area contributed by atoms with Crippen LogP contribution in [0.3, 0.4) is 0 Å². The fourth-order valence-corrected chi connectivity index (χ4v) is 1.55. The molecule has 1 rings (SSSR count). The van der Waals surface area contributed by atoms with Gasteiger partial charge >= 0.3 is 6.03 Å². The lowest BCUT2D eigenvalue weighted by Crippen LogP contribution is -2.43. The summed E-state index contributed by atoms with van der Waals surface area (Å²) in [6, 6.07) is 7.39. The minimum atomic E-state index is -0.522. The first kappa shape index (κ1) is 12.3. The number of nitrogens with one attached hydrogen (secondary N) is 1. The zero-order valence-corrected chi connectivity index (χ0v) is 10.0. The number of carbonyl (C=O) groups excluding carboxylic acids is 1. The van der Waals surface area contributed by atoms with Gasteiger partial charge < -0.3 is 11.1 Å². The Morgan fingerprint density at radius 1 is 1.44 bits per heavy atom. The Morgan fingerprint density at radius 2 is 2.06 bits per heavy atom. The van der Waals surface area contributed by atoms with Crippen LogP contribution in [0.15, 0.2) is 30.8 Å². The van der Waals surface area contributed by atoms with Crippen molar-refractivity contribution in [2.24, 2.45) is 5.73 Å². The first-order valence-electron chi connectivity index (χ1n) is 5.17. The van der Waals surface area contributed by atoms with E-state index in [9.17, 15) is 4.79 Å². The van der Waals surface area contributed by atoms with Crippen LogP contribution in [-0.4, -0.2) is 6.03 Å². The Kier molecular flexibility index (Phi) is 3.38. The van der Waals surface area contributed by atoms with E-state index in [2.05, 4.69) is 11.9 Å². The van der Waals surface area contributed by atoms with Crippen molar-refractivity contribution in [2.75, 3.05) is 0 Å². The monoisotopic (exact) mass is 218 g/mol. The van der Waals surface area contributed by atoms with Crippen LogP contribution in [0.2, 0.25) is 0 Å². The number of benzene rings is 1. The number of nitrogens with two attached hydrogens (primary N) is 1. The van der Waals surface area contributed by atoms with Gasteiger partial charge in [0.1, 0.15) is 0 Å². The van der Waals surface area contributed by atoms with Gasteiger partial charge in [0.15, 0.2) is 0 Å². The number of primary amides is 1. The summed E-state index contributed by atoms with van der Waals surface area (Å²) >= 11 is 0. The number of hydrogen-bond donors (Lipinski definition) is 2. The molecule has 0 saturated carbocycles. The molecule has 86 valence electrons. The van der Waals surface area contributed by atoms with Crippen LogP contribution in [0.25, 0.3) is 5.57 Å². The van der Waals surface area contributed by atoms with Gasteiger partial charge in [-0.2, -0.15) is 0 Å². The second-order valence-electron chi connectivity index (χ2n) is 4.48. The van der Waals surface area contributed by atoms with Crippen molar-refractivity contribution in [1.82, 2.24) is 5.32 Å². The Morgan fingerprint density at radius 3 is 2.56 bits per heavy atom. The summed E-state index contributed by atoms with van der Waals surface area (Å²) in [4.78, 5) is 10.9. The molecule has 2 amide bonds. The van der Waals surface area contributed by atoms with E-state index in [0.717, 1.165) is 16.7 Å². The summed E-state index contributed by atoms with van der Waals surface area (Å²) in [6.45, 7) is 9.67. The van der Waals surface area contributed by atoms with Crippen LogP contribution in [0.4, 0.5) is 4.79 Å². The maximum atomic E-state index is 10.9. The van der Waals surface area contributed by atoms with Gasteiger partial charge in [-0.3, -0.25) is 0 Å². The minimum Gasteiger partial charge on any atom is -0.352 e. The molecule has 0 saturated heterocycles. The van der Waals surface area contributed by atoms with Crippen molar-refractivity contribution in [2.45, 2.75) is 26.3 Å². The van der Waals surface area contributed by atoms with Crippen molar-refractivity contribution >= 4 is 11.6 Å². The molecule has 0 radical (unpaired) electrons. The van der Waals surface area contributed by atoms with E-state index in [4.69, 9.17) is 5.73 Å². The third-order valence-electron chi connectivity index (χ3n) is 2.51. The van der Waals surface area contributed by atoms with Gasteiger partial charge in [0.2, 0.25) is 0 Å². The topological polar surface area (TPSA) is 55.1 Å². The molecule has 0 fully saturated rings. The lowest BCUT2D eigenvalue weighted by Gasteiger charge is -2.26. The zero-order chi connectivity index (χ0) is 12.3. The number of allylic oxidation sites excluding steroid dienone is 1. The quantitative estimate of drug-likeness (QED) is 0.805. The molecular weight excluding hydrogens is 200 g/mol. The van der Waals surface area contributed by atoms with E-state index in [1.165, 1.54) is 0 Å². The molecule has 3 nitrogen and oxygen atoms in total. The lowest BCUT2D eigenvalue weighted by atomic mass is 9.92. The predicted octanol–water partition coefficient (Wildman–Crippen LogP) is 2.62. The number of hydrogen-bond acceptors (Lipinski definition) is 1. The van der Waals surface area contributed by atoms with Gasteiger partial charge in [0.25, 0.3) is 0 Å². The standard InChI is InChI=1S/C13H18N2O/c1-9(2)10-6-5-7-11(8-10)13(3,4)15-12(14)16/h5-8H,1H2,2-4H3,(H3,14,15,16). The molecule has 16 heavy (non-hydrogen) atoms. The summed E-state index contributed by atoms with van der Waals surface area (Å²) in [7, 11) is 0. The number of urea groups is 1. The van der Waals surface area contributed by atoms with E-state index in [1.807, 2.05) is 45.0 Å². The third-order valence-corrected chi connectivity index (χ3v) is 2.51. The van der Waals surface area contributed by atoms with Gasteiger partial charge in [0.05, 0.1) is 5.54 Å². The summed E-state index contributed by atoms with van der Waals surface area (Å²) in [6.07, 6.45) is 0. The largest absolute Gasteiger partial charge is 0.352 e. The molecule has 0 aromatic heterocycles. The summed E-state index contributed by atoms with van der Waals surface area (Å²) in [5.41, 5.74) is 7.74. The Balaban J connectivity index is 3.07. The highest BCUT2D eigenvalue weighted by Gasteiger charge is 2.21. The van der Waals surface area contributed by atoms with E-state index in [0.29, 0.717) is 0 Å². The third kappa shape index (κ3) is 2.86. The van der Waals surface area contributed by atoms with Gasteiger partial charge in [-0.15, -0.1) is 0 Å². The van der Waals surface area contributed by atoms with E-state index in [1.54, 1.807) is 0 Å². The van der Waals surface area contributed by atoms with Gasteiger partial charge in [-0.25, -0.2) is 4.79 Å². The molecular formula is C13H18N2O. The SMILES string of the molecule is C=C(C)c1cccc(C(C)(C)NC(N)=O)c1. The van der Waals surface area contributed by atoms with E-state index >= 15 is 0 Å². The number of amides is 2. The van der Waals surface area contributed by atoms with Crippen LogP contribution in [0.1, 0.15) is 31.9 Å². The first-order chi connectivity index (χ1) is 7.33. The van der Waals surface area contributed by atoms with Crippen molar-refractivity contribution in [3.05, 3.63) is 42.0 Å². The predicted molar refractivity (Wildman–Crippen MR) is 66.9 cm³/mol. The van der Waals surface area contributed by atoms with Crippen molar-refractivity contribution in [1.29, 1.82) is 0 Å². The Hall–Kier alpha value is -1.77. The second-order valence-corrected chi connectivity index (χ2v) is 4.48. The maximum Gasteiger partial charge on any atom is 0.312 e. The first-order valence-corrected chi connectivity index (χ1v) is 5.17. The highest BCUT2D eigenvalue weighted by molar-refractivity contribution is 5.73. The van der Waals surface area contributed by atoms with Gasteiger partial charge in [0, 0.05) is 0 Å². The molecule has 0 aliphatic carbocycles. The smallest absolute Gasteiger partial charge is 0.312 e. The lowest BCUT2D eigenvalue weighted by molar-refractivity contribution is 0.238. The zero-order valence-electron chi connectivity index (χ0n) is 10.0. The van der Waals surface area contributed by atoms with Crippen LogP contribution in [0, 0.1) is 0 Å². The van der Waals surface area contributed by atoms with Crippen LogP contribution in [0.5, 0.6) is 0 Å². The normalized spacial score (nSPS) is 10.9. The average molecular weight is 218 g/mol. The molecule has 1 aromatic rings. The molecule has 0 bridgehead atoms. The van der Waals surface area contributed by atoms with Crippen LogP contribution in [-0.2, 0) is 5.54 Å². The molecule has 0 atom stereocenters. The van der Waals surface area contributed by atoms with Crippen molar-refractivity contribution in [3.63, 3.8) is 0 Å². The number of carbonyl (C=O) groups is 1. The van der Waals surface area contributed by atoms with E-state index in [-0.39, 0.29) is 0 Å². The average Bonchev–Trinajstić information content (AvgIpc) is 2.16. The van der Waals surface area contributed by atoms with Gasteiger partial charge in [-0.05, 0) is 38.0 Å². The molecule has 3 N–H and O–H groups in total.